The molecule has 3 rings (SSSR count). The van der Waals surface area contributed by atoms with Gasteiger partial charge < -0.3 is 9.52 Å². The van der Waals surface area contributed by atoms with Crippen LogP contribution >= 0.6 is 27.5 Å². The predicted octanol–water partition coefficient (Wildman–Crippen LogP) is 4.82. The van der Waals surface area contributed by atoms with Crippen LogP contribution in [0.3, 0.4) is 0 Å². The lowest BCUT2D eigenvalue weighted by Gasteiger charge is -2.02. The summed E-state index contributed by atoms with van der Waals surface area (Å²) in [5, 5.41) is 13.3. The van der Waals surface area contributed by atoms with Crippen molar-refractivity contribution in [3.63, 3.8) is 0 Å². The van der Waals surface area contributed by atoms with E-state index in [1.807, 2.05) is 0 Å². The maximum absolute atomic E-state index is 12.0. The number of halogens is 2. The molecule has 27 heavy (non-hydrogen) atoms. The number of nitrogens with one attached hydrogen (secondary N) is 1. The summed E-state index contributed by atoms with van der Waals surface area (Å²) >= 11 is 9.42. The third-order valence-electron chi connectivity index (χ3n) is 3.57. The van der Waals surface area contributed by atoms with Gasteiger partial charge in [-0.25, -0.2) is 10.2 Å². The van der Waals surface area contributed by atoms with Crippen molar-refractivity contribution in [3.8, 4) is 11.3 Å². The number of nitrogens with zero attached hydrogens (tertiary/aromatic N) is 1. The van der Waals surface area contributed by atoms with E-state index in [2.05, 4.69) is 26.5 Å². The van der Waals surface area contributed by atoms with E-state index in [0.29, 0.717) is 27.7 Å². The Hall–Kier alpha value is -2.90. The highest BCUT2D eigenvalue weighted by molar-refractivity contribution is 9.10. The van der Waals surface area contributed by atoms with E-state index in [1.165, 1.54) is 24.4 Å². The molecule has 136 valence electrons. The average molecular weight is 448 g/mol. The highest BCUT2D eigenvalue weighted by Crippen LogP contribution is 2.30. The van der Waals surface area contributed by atoms with Gasteiger partial charge in [-0.1, -0.05) is 27.5 Å². The van der Waals surface area contributed by atoms with Crippen LogP contribution in [-0.2, 0) is 0 Å². The van der Waals surface area contributed by atoms with Crippen LogP contribution in [0, 0.1) is 0 Å². The molecule has 2 aromatic carbocycles. The topological polar surface area (TPSA) is 91.9 Å². The molecule has 6 nitrogen and oxygen atoms in total. The number of hydrazone groups is 1. The third kappa shape index (κ3) is 4.64. The van der Waals surface area contributed by atoms with Crippen molar-refractivity contribution in [1.82, 2.24) is 5.43 Å². The second kappa shape index (κ2) is 8.20. The smallest absolute Gasteiger partial charge is 0.335 e. The molecule has 0 bridgehead atoms. The Labute approximate surface area is 167 Å². The Kier molecular flexibility index (Phi) is 5.73. The van der Waals surface area contributed by atoms with E-state index < -0.39 is 5.97 Å². The molecule has 0 radical (unpaired) electrons. The van der Waals surface area contributed by atoms with Gasteiger partial charge in [-0.15, -0.1) is 0 Å². The van der Waals surface area contributed by atoms with Crippen molar-refractivity contribution < 1.29 is 19.1 Å². The zero-order valence-electron chi connectivity index (χ0n) is 13.6. The summed E-state index contributed by atoms with van der Waals surface area (Å²) in [4.78, 5) is 23.1. The van der Waals surface area contributed by atoms with E-state index in [-0.39, 0.29) is 11.5 Å². The van der Waals surface area contributed by atoms with Crippen LogP contribution in [0.15, 0.2) is 68.6 Å². The lowest BCUT2D eigenvalue weighted by molar-refractivity contribution is 0.0696. The molecule has 0 atom stereocenters. The number of carbonyl (C=O) groups is 2. The molecule has 0 aliphatic rings. The molecule has 1 amide bonds. The fourth-order valence-corrected chi connectivity index (χ4v) is 2.71. The van der Waals surface area contributed by atoms with Crippen LogP contribution in [0.25, 0.3) is 11.3 Å². The van der Waals surface area contributed by atoms with E-state index in [1.54, 1.807) is 36.4 Å². The van der Waals surface area contributed by atoms with E-state index in [9.17, 15) is 9.59 Å². The molecular formula is C19H12BrClN2O4. The molecule has 0 unspecified atom stereocenters. The first kappa shape index (κ1) is 18.9. The summed E-state index contributed by atoms with van der Waals surface area (Å²) in [6, 6.07) is 14.5. The van der Waals surface area contributed by atoms with E-state index in [4.69, 9.17) is 21.1 Å². The normalized spacial score (nSPS) is 10.9. The van der Waals surface area contributed by atoms with Gasteiger partial charge in [-0.05, 0) is 54.6 Å². The minimum absolute atomic E-state index is 0.0998. The third-order valence-corrected chi connectivity index (χ3v) is 4.43. The van der Waals surface area contributed by atoms with Crippen LogP contribution in [0.4, 0.5) is 0 Å². The second-order valence-corrected chi connectivity index (χ2v) is 6.73. The highest BCUT2D eigenvalue weighted by Gasteiger charge is 2.12. The Balaban J connectivity index is 1.72. The van der Waals surface area contributed by atoms with Crippen molar-refractivity contribution in [1.29, 1.82) is 0 Å². The van der Waals surface area contributed by atoms with Crippen molar-refractivity contribution in [2.45, 2.75) is 0 Å². The summed E-state index contributed by atoms with van der Waals surface area (Å²) in [6.07, 6.45) is 1.34. The summed E-state index contributed by atoms with van der Waals surface area (Å²) in [5.74, 6) is -0.652. The molecule has 2 N–H and O–H groups in total. The number of rotatable bonds is 5. The van der Waals surface area contributed by atoms with Gasteiger partial charge in [-0.2, -0.15) is 5.10 Å². The van der Waals surface area contributed by atoms with Crippen molar-refractivity contribution in [3.05, 3.63) is 81.0 Å². The first-order chi connectivity index (χ1) is 12.9. The van der Waals surface area contributed by atoms with Gasteiger partial charge in [0.15, 0.2) is 0 Å². The van der Waals surface area contributed by atoms with E-state index >= 15 is 0 Å². The summed E-state index contributed by atoms with van der Waals surface area (Å²) in [5.41, 5.74) is 3.42. The Morgan fingerprint density at radius 3 is 2.48 bits per heavy atom. The van der Waals surface area contributed by atoms with Crippen LogP contribution in [0.2, 0.25) is 5.02 Å². The number of hydrogen-bond acceptors (Lipinski definition) is 4. The van der Waals surface area contributed by atoms with Crippen LogP contribution in [0.1, 0.15) is 26.5 Å². The number of benzene rings is 2. The first-order valence-electron chi connectivity index (χ1n) is 7.66. The summed E-state index contributed by atoms with van der Waals surface area (Å²) in [7, 11) is 0. The number of carbonyl (C=O) groups excluding carboxylic acids is 1. The SMILES string of the molecule is O=C(O)c1ccc(Cl)c(-c2ccc(C=NNC(=O)c3ccc(Br)cc3)o2)c1. The number of carboxylic acids is 1. The van der Waals surface area contributed by atoms with Crippen LogP contribution in [-0.4, -0.2) is 23.2 Å². The lowest BCUT2D eigenvalue weighted by Crippen LogP contribution is -2.17. The van der Waals surface area contributed by atoms with Gasteiger partial charge in [0.2, 0.25) is 0 Å². The molecule has 0 saturated heterocycles. The fourth-order valence-electron chi connectivity index (χ4n) is 2.23. The Morgan fingerprint density at radius 2 is 1.78 bits per heavy atom. The minimum atomic E-state index is -1.06. The quantitative estimate of drug-likeness (QED) is 0.433. The number of carboxylic acid groups (broad SMARTS) is 1. The van der Waals surface area contributed by atoms with Gasteiger partial charge in [0, 0.05) is 15.6 Å². The summed E-state index contributed by atoms with van der Waals surface area (Å²) < 4.78 is 6.48. The molecule has 1 heterocycles. The number of aromatic carboxylic acids is 1. The second-order valence-electron chi connectivity index (χ2n) is 5.41. The first-order valence-corrected chi connectivity index (χ1v) is 8.83. The highest BCUT2D eigenvalue weighted by atomic mass is 79.9. The van der Waals surface area contributed by atoms with Crippen LogP contribution in [0.5, 0.6) is 0 Å². The minimum Gasteiger partial charge on any atom is -0.478 e. The molecule has 3 aromatic rings. The molecule has 0 aliphatic carbocycles. The Morgan fingerprint density at radius 1 is 1.07 bits per heavy atom. The average Bonchev–Trinajstić information content (AvgIpc) is 3.11. The van der Waals surface area contributed by atoms with Gasteiger partial charge in [-0.3, -0.25) is 4.79 Å². The standard InChI is InChI=1S/C19H12BrClN2O4/c20-13-4-1-11(2-5-13)18(24)23-22-10-14-6-8-17(27-14)15-9-12(19(25)26)3-7-16(15)21/h1-10H,(H,23,24)(H,25,26). The van der Waals surface area contributed by atoms with Crippen molar-refractivity contribution in [2.75, 3.05) is 0 Å². The van der Waals surface area contributed by atoms with Gasteiger partial charge in [0.25, 0.3) is 5.91 Å². The molecule has 0 aliphatic heterocycles. The summed E-state index contributed by atoms with van der Waals surface area (Å²) in [6.45, 7) is 0. The van der Waals surface area contributed by atoms with Gasteiger partial charge in [0.05, 0.1) is 16.8 Å². The molecule has 0 spiro atoms. The zero-order valence-corrected chi connectivity index (χ0v) is 16.0. The zero-order chi connectivity index (χ0) is 19.4. The molecule has 1 aromatic heterocycles. The molecule has 8 heteroatoms. The van der Waals surface area contributed by atoms with Crippen molar-refractivity contribution in [2.24, 2.45) is 5.10 Å². The van der Waals surface area contributed by atoms with Gasteiger partial charge >= 0.3 is 5.97 Å². The fraction of sp³-hybridized carbons (Fsp3) is 0. The number of furan rings is 1. The maximum atomic E-state index is 12.0. The van der Waals surface area contributed by atoms with Crippen molar-refractivity contribution >= 4 is 45.6 Å². The largest absolute Gasteiger partial charge is 0.478 e. The number of amides is 1. The molecular weight excluding hydrogens is 436 g/mol. The lowest BCUT2D eigenvalue weighted by atomic mass is 10.1. The Bertz CT molecular complexity index is 1030. The monoisotopic (exact) mass is 446 g/mol. The van der Waals surface area contributed by atoms with E-state index in [0.717, 1.165) is 4.47 Å². The maximum Gasteiger partial charge on any atom is 0.335 e. The predicted molar refractivity (Wildman–Crippen MR) is 105 cm³/mol. The molecule has 0 fully saturated rings. The molecule has 0 saturated carbocycles. The van der Waals surface area contributed by atoms with Crippen LogP contribution < -0.4 is 5.43 Å². The number of hydrogen-bond donors (Lipinski definition) is 2. The van der Waals surface area contributed by atoms with Gasteiger partial charge in [0.1, 0.15) is 11.5 Å².